The second-order valence-corrected chi connectivity index (χ2v) is 7.41. The molecule has 28 heavy (non-hydrogen) atoms. The Morgan fingerprint density at radius 3 is 2.14 bits per heavy atom. The summed E-state index contributed by atoms with van der Waals surface area (Å²) in [5.41, 5.74) is 0.132. The molecule has 1 aliphatic carbocycles. The molecule has 4 nitrogen and oxygen atoms in total. The van der Waals surface area contributed by atoms with Crippen molar-refractivity contribution in [3.8, 4) is 12.1 Å². The van der Waals surface area contributed by atoms with Crippen molar-refractivity contribution in [1.82, 2.24) is 0 Å². The lowest BCUT2D eigenvalue weighted by atomic mass is 9.63. The molecular weight excluding hydrogens is 348 g/mol. The molecule has 0 spiro atoms. The number of allylic oxidation sites excluding steroid dienone is 1. The molecule has 3 rings (SSSR count). The Kier molecular flexibility index (Phi) is 5.34. The number of carbonyl (C=O) groups excluding carboxylic acids is 1. The van der Waals surface area contributed by atoms with Gasteiger partial charge in [0, 0.05) is 5.92 Å². The number of hydrogen-bond acceptors (Lipinski definition) is 4. The first-order valence-electron chi connectivity index (χ1n) is 9.19. The van der Waals surface area contributed by atoms with E-state index in [0.717, 1.165) is 11.1 Å². The average Bonchev–Trinajstić information content (AvgIpc) is 2.89. The molecule has 2 atom stereocenters. The van der Waals surface area contributed by atoms with Crippen LogP contribution in [0.4, 0.5) is 0 Å². The SMILES string of the molecule is C=C1CC(C#N)(C#N)CC(c2ccccc2)C(C(=O)OC)(c2ccccc2)C1. The Hall–Kier alpha value is -3.37. The van der Waals surface area contributed by atoms with Crippen LogP contribution in [0.15, 0.2) is 72.8 Å². The van der Waals surface area contributed by atoms with Crippen molar-refractivity contribution in [3.05, 3.63) is 83.9 Å². The number of nitriles is 2. The highest BCUT2D eigenvalue weighted by molar-refractivity contribution is 5.85. The van der Waals surface area contributed by atoms with Crippen LogP contribution in [0.1, 0.15) is 36.3 Å². The Morgan fingerprint density at radius 1 is 1.04 bits per heavy atom. The molecule has 1 saturated carbocycles. The number of carbonyl (C=O) groups is 1. The van der Waals surface area contributed by atoms with E-state index in [2.05, 4.69) is 18.7 Å². The van der Waals surface area contributed by atoms with Gasteiger partial charge in [-0.2, -0.15) is 10.5 Å². The minimum Gasteiger partial charge on any atom is -0.468 e. The van der Waals surface area contributed by atoms with Gasteiger partial charge in [0.15, 0.2) is 0 Å². The van der Waals surface area contributed by atoms with Crippen LogP contribution < -0.4 is 0 Å². The van der Waals surface area contributed by atoms with Crippen LogP contribution >= 0.6 is 0 Å². The number of methoxy groups -OCH3 is 1. The lowest BCUT2D eigenvalue weighted by molar-refractivity contribution is -0.148. The van der Waals surface area contributed by atoms with Crippen molar-refractivity contribution in [3.63, 3.8) is 0 Å². The van der Waals surface area contributed by atoms with E-state index in [0.29, 0.717) is 12.0 Å². The van der Waals surface area contributed by atoms with E-state index in [-0.39, 0.29) is 18.8 Å². The smallest absolute Gasteiger partial charge is 0.317 e. The Morgan fingerprint density at radius 2 is 1.61 bits per heavy atom. The van der Waals surface area contributed by atoms with Crippen molar-refractivity contribution < 1.29 is 9.53 Å². The molecule has 2 aromatic rings. The summed E-state index contributed by atoms with van der Waals surface area (Å²) in [6.45, 7) is 4.12. The van der Waals surface area contributed by atoms with Crippen LogP contribution in [0.3, 0.4) is 0 Å². The molecule has 2 aromatic carbocycles. The highest BCUT2D eigenvalue weighted by atomic mass is 16.5. The first-order chi connectivity index (χ1) is 13.5. The molecule has 0 aromatic heterocycles. The van der Waals surface area contributed by atoms with Crippen LogP contribution in [0.25, 0.3) is 0 Å². The molecule has 0 aliphatic heterocycles. The molecule has 0 amide bonds. The third kappa shape index (κ3) is 3.19. The van der Waals surface area contributed by atoms with Gasteiger partial charge in [-0.1, -0.05) is 72.8 Å². The zero-order valence-corrected chi connectivity index (χ0v) is 15.9. The lowest BCUT2D eigenvalue weighted by Crippen LogP contribution is -2.43. The fraction of sp³-hybridized carbons (Fsp3) is 0.292. The number of ether oxygens (including phenoxy) is 1. The predicted molar refractivity (Wildman–Crippen MR) is 106 cm³/mol. The Bertz CT molecular complexity index is 940. The maximum absolute atomic E-state index is 13.3. The maximum Gasteiger partial charge on any atom is 0.317 e. The van der Waals surface area contributed by atoms with Crippen LogP contribution in [0, 0.1) is 28.1 Å². The first kappa shape index (κ1) is 19.4. The van der Waals surface area contributed by atoms with E-state index in [1.54, 1.807) is 0 Å². The maximum atomic E-state index is 13.3. The van der Waals surface area contributed by atoms with Gasteiger partial charge in [-0.3, -0.25) is 4.79 Å². The second kappa shape index (κ2) is 7.71. The second-order valence-electron chi connectivity index (χ2n) is 7.41. The van der Waals surface area contributed by atoms with Gasteiger partial charge in [-0.25, -0.2) is 0 Å². The highest BCUT2D eigenvalue weighted by Crippen LogP contribution is 2.54. The summed E-state index contributed by atoms with van der Waals surface area (Å²) in [7, 11) is 1.38. The summed E-state index contributed by atoms with van der Waals surface area (Å²) in [4.78, 5) is 13.3. The summed E-state index contributed by atoms with van der Waals surface area (Å²) >= 11 is 0. The van der Waals surface area contributed by atoms with Gasteiger partial charge in [-0.05, 0) is 30.4 Å². The van der Waals surface area contributed by atoms with Crippen molar-refractivity contribution in [2.24, 2.45) is 5.41 Å². The summed E-state index contributed by atoms with van der Waals surface area (Å²) in [5, 5.41) is 19.7. The minimum atomic E-state index is -1.23. The van der Waals surface area contributed by atoms with Crippen molar-refractivity contribution in [1.29, 1.82) is 10.5 Å². The molecule has 0 radical (unpaired) electrons. The average molecular weight is 370 g/mol. The van der Waals surface area contributed by atoms with Gasteiger partial charge >= 0.3 is 5.97 Å². The van der Waals surface area contributed by atoms with Gasteiger partial charge in [0.05, 0.1) is 19.2 Å². The Labute approximate surface area is 165 Å². The molecule has 140 valence electrons. The van der Waals surface area contributed by atoms with Crippen LogP contribution in [-0.2, 0) is 14.9 Å². The summed E-state index contributed by atoms with van der Waals surface area (Å²) in [6.07, 6.45) is 0.802. The number of benzene rings is 2. The monoisotopic (exact) mass is 370 g/mol. The summed E-state index contributed by atoms with van der Waals surface area (Å²) < 4.78 is 5.29. The van der Waals surface area contributed by atoms with Gasteiger partial charge in [0.2, 0.25) is 0 Å². The predicted octanol–water partition coefficient (Wildman–Crippen LogP) is 4.65. The van der Waals surface area contributed by atoms with E-state index in [4.69, 9.17) is 4.74 Å². The number of rotatable bonds is 3. The molecule has 4 heteroatoms. The molecule has 2 unspecified atom stereocenters. The fourth-order valence-electron chi connectivity index (χ4n) is 4.44. The zero-order chi connectivity index (χ0) is 20.2. The van der Waals surface area contributed by atoms with Crippen LogP contribution in [0.2, 0.25) is 0 Å². The van der Waals surface area contributed by atoms with Crippen molar-refractivity contribution >= 4 is 5.97 Å². The van der Waals surface area contributed by atoms with E-state index in [1.807, 2.05) is 60.7 Å². The van der Waals surface area contributed by atoms with E-state index < -0.39 is 16.7 Å². The Balaban J connectivity index is 2.33. The molecular formula is C24H22N2O2. The van der Waals surface area contributed by atoms with Crippen molar-refractivity contribution in [2.75, 3.05) is 7.11 Å². The topological polar surface area (TPSA) is 73.9 Å². The highest BCUT2D eigenvalue weighted by Gasteiger charge is 2.54. The standard InChI is InChI=1S/C24H22N2O2/c1-18-13-23(16-25,17-26)15-21(19-9-5-3-6-10-19)24(14-18,22(27)28-2)20-11-7-4-8-12-20/h3-12,21H,1,13-15H2,2H3. The third-order valence-corrected chi connectivity index (χ3v) is 5.70. The quantitative estimate of drug-likeness (QED) is 0.448. The first-order valence-corrected chi connectivity index (χ1v) is 9.19. The molecule has 0 heterocycles. The fourth-order valence-corrected chi connectivity index (χ4v) is 4.44. The van der Waals surface area contributed by atoms with Crippen molar-refractivity contribution in [2.45, 2.75) is 30.6 Å². The zero-order valence-electron chi connectivity index (χ0n) is 15.9. The minimum absolute atomic E-state index is 0.229. The molecule has 0 saturated heterocycles. The van der Waals surface area contributed by atoms with Crippen LogP contribution in [0.5, 0.6) is 0 Å². The van der Waals surface area contributed by atoms with E-state index >= 15 is 0 Å². The third-order valence-electron chi connectivity index (χ3n) is 5.70. The lowest BCUT2D eigenvalue weighted by Gasteiger charge is -2.39. The largest absolute Gasteiger partial charge is 0.468 e. The van der Waals surface area contributed by atoms with Gasteiger partial charge in [0.1, 0.15) is 10.8 Å². The normalized spacial score (nSPS) is 23.7. The number of esters is 1. The molecule has 0 bridgehead atoms. The van der Waals surface area contributed by atoms with Gasteiger partial charge in [-0.15, -0.1) is 0 Å². The van der Waals surface area contributed by atoms with Gasteiger partial charge < -0.3 is 4.74 Å². The van der Waals surface area contributed by atoms with Crippen LogP contribution in [-0.4, -0.2) is 13.1 Å². The van der Waals surface area contributed by atoms with E-state index in [9.17, 15) is 15.3 Å². The number of nitrogens with zero attached hydrogens (tertiary/aromatic N) is 2. The van der Waals surface area contributed by atoms with E-state index in [1.165, 1.54) is 7.11 Å². The summed E-state index contributed by atoms with van der Waals surface area (Å²) in [5.74, 6) is -0.775. The summed E-state index contributed by atoms with van der Waals surface area (Å²) in [6, 6.07) is 23.5. The van der Waals surface area contributed by atoms with Gasteiger partial charge in [0.25, 0.3) is 0 Å². The number of hydrogen-bond donors (Lipinski definition) is 0. The molecule has 0 N–H and O–H groups in total. The molecule has 1 aliphatic rings. The molecule has 1 fully saturated rings.